The van der Waals surface area contributed by atoms with Gasteiger partial charge in [0.05, 0.1) is 0 Å². The third kappa shape index (κ3) is 7.35. The fourth-order valence-corrected chi connectivity index (χ4v) is 1.69. The Morgan fingerprint density at radius 3 is 2.74 bits per heavy atom. The first kappa shape index (κ1) is 18.2. The summed E-state index contributed by atoms with van der Waals surface area (Å²) in [7, 11) is 0. The molecule has 0 aliphatic carbocycles. The minimum absolute atomic E-state index is 0. The van der Waals surface area contributed by atoms with E-state index in [4.69, 9.17) is 16.4 Å². The summed E-state index contributed by atoms with van der Waals surface area (Å²) in [4.78, 5) is 11.5. The van der Waals surface area contributed by atoms with Crippen molar-refractivity contribution < 1.29 is 4.84 Å². The van der Waals surface area contributed by atoms with Crippen molar-refractivity contribution in [3.8, 4) is 0 Å². The molecule has 0 N–H and O–H groups in total. The number of nitrogens with zero attached hydrogens (tertiary/aromatic N) is 3. The van der Waals surface area contributed by atoms with Crippen LogP contribution in [-0.4, -0.2) is 41.3 Å². The van der Waals surface area contributed by atoms with Gasteiger partial charge in [-0.2, -0.15) is 0 Å². The molecule has 0 bridgehead atoms. The molecule has 1 rings (SSSR count). The van der Waals surface area contributed by atoms with Gasteiger partial charge in [0.25, 0.3) is 0 Å². The van der Waals surface area contributed by atoms with Crippen molar-refractivity contribution in [2.24, 2.45) is 5.16 Å². The zero-order chi connectivity index (χ0) is 13.2. The number of halogens is 2. The normalized spacial score (nSPS) is 11.3. The predicted octanol–water partition coefficient (Wildman–Crippen LogP) is 3.15. The minimum atomic E-state index is 0. The monoisotopic (exact) mass is 305 g/mol. The van der Waals surface area contributed by atoms with Crippen molar-refractivity contribution in [2.45, 2.75) is 20.3 Å². The molecule has 6 heteroatoms. The van der Waals surface area contributed by atoms with Gasteiger partial charge in [0.1, 0.15) is 6.61 Å². The summed E-state index contributed by atoms with van der Waals surface area (Å²) in [6, 6.07) is 3.66. The Morgan fingerprint density at radius 1 is 1.42 bits per heavy atom. The van der Waals surface area contributed by atoms with Crippen molar-refractivity contribution in [1.82, 2.24) is 9.88 Å². The number of oxime groups is 1. The molecule has 0 aromatic carbocycles. The number of hydrogen-bond acceptors (Lipinski definition) is 4. The summed E-state index contributed by atoms with van der Waals surface area (Å²) < 4.78 is 0. The highest BCUT2D eigenvalue weighted by Gasteiger charge is 2.00. The average molecular weight is 306 g/mol. The zero-order valence-corrected chi connectivity index (χ0v) is 13.0. The smallest absolute Gasteiger partial charge is 0.177 e. The largest absolute Gasteiger partial charge is 0.395 e. The summed E-state index contributed by atoms with van der Waals surface area (Å²) in [5, 5.41) is 4.21. The van der Waals surface area contributed by atoms with E-state index >= 15 is 0 Å². The van der Waals surface area contributed by atoms with E-state index in [9.17, 15) is 0 Å². The van der Waals surface area contributed by atoms with E-state index in [-0.39, 0.29) is 12.4 Å². The molecule has 0 amide bonds. The van der Waals surface area contributed by atoms with Gasteiger partial charge in [-0.05, 0) is 31.6 Å². The van der Waals surface area contributed by atoms with Crippen LogP contribution in [0.3, 0.4) is 0 Å². The van der Waals surface area contributed by atoms with Crippen molar-refractivity contribution >= 4 is 29.2 Å². The molecule has 0 radical (unpaired) electrons. The highest BCUT2D eigenvalue weighted by atomic mass is 35.5. The molecule has 0 fully saturated rings. The van der Waals surface area contributed by atoms with Crippen LogP contribution in [0.4, 0.5) is 0 Å². The number of rotatable bonds is 8. The van der Waals surface area contributed by atoms with E-state index in [1.165, 1.54) is 0 Å². The Balaban J connectivity index is 0.00000324. The average Bonchev–Trinajstić information content (AvgIpc) is 2.43. The molecular weight excluding hydrogens is 285 g/mol. The standard InChI is InChI=1S/C13H20ClN3O.ClH/c1-3-17(4-2)9-6-10-18-16-13(14)12-7-5-8-15-11-12;/h5,7-8,11H,3-4,6,9-10H2,1-2H3;1H. The third-order valence-corrected chi connectivity index (χ3v) is 2.94. The Bertz CT molecular complexity index is 356. The second kappa shape index (κ2) is 11.0. The van der Waals surface area contributed by atoms with Crippen molar-refractivity contribution in [3.63, 3.8) is 0 Å². The van der Waals surface area contributed by atoms with E-state index in [0.717, 1.165) is 31.6 Å². The van der Waals surface area contributed by atoms with Crippen LogP contribution >= 0.6 is 24.0 Å². The lowest BCUT2D eigenvalue weighted by Crippen LogP contribution is -2.24. The van der Waals surface area contributed by atoms with Gasteiger partial charge in [-0.25, -0.2) is 0 Å². The van der Waals surface area contributed by atoms with Crippen molar-refractivity contribution in [2.75, 3.05) is 26.2 Å². The Hall–Kier alpha value is -0.840. The van der Waals surface area contributed by atoms with E-state index in [2.05, 4.69) is 28.9 Å². The Morgan fingerprint density at radius 2 is 2.16 bits per heavy atom. The lowest BCUT2D eigenvalue weighted by atomic mass is 10.3. The molecule has 19 heavy (non-hydrogen) atoms. The fraction of sp³-hybridized carbons (Fsp3) is 0.538. The molecule has 0 unspecified atom stereocenters. The van der Waals surface area contributed by atoms with Crippen molar-refractivity contribution in [1.29, 1.82) is 0 Å². The molecule has 108 valence electrons. The summed E-state index contributed by atoms with van der Waals surface area (Å²) in [5.74, 6) is 0. The quantitative estimate of drug-likeness (QED) is 0.421. The van der Waals surface area contributed by atoms with Gasteiger partial charge in [-0.1, -0.05) is 30.6 Å². The van der Waals surface area contributed by atoms with Gasteiger partial charge in [-0.3, -0.25) is 4.98 Å². The molecular formula is C13H21Cl2N3O. The summed E-state index contributed by atoms with van der Waals surface area (Å²) in [5.41, 5.74) is 0.767. The van der Waals surface area contributed by atoms with E-state index in [1.54, 1.807) is 12.4 Å². The summed E-state index contributed by atoms with van der Waals surface area (Å²) in [6.45, 7) is 8.04. The van der Waals surface area contributed by atoms with Crippen LogP contribution in [0, 0.1) is 0 Å². The van der Waals surface area contributed by atoms with E-state index < -0.39 is 0 Å². The molecule has 0 atom stereocenters. The minimum Gasteiger partial charge on any atom is -0.395 e. The van der Waals surface area contributed by atoms with Gasteiger partial charge < -0.3 is 9.74 Å². The Labute approximate surface area is 126 Å². The molecule has 0 saturated carbocycles. The molecule has 0 saturated heterocycles. The number of aromatic nitrogens is 1. The second-order valence-corrected chi connectivity index (χ2v) is 4.20. The van der Waals surface area contributed by atoms with Crippen LogP contribution in [0.2, 0.25) is 0 Å². The maximum absolute atomic E-state index is 5.98. The van der Waals surface area contributed by atoms with E-state index in [1.807, 2.05) is 12.1 Å². The molecule has 1 aromatic heterocycles. The highest BCUT2D eigenvalue weighted by Crippen LogP contribution is 2.03. The number of pyridine rings is 1. The van der Waals surface area contributed by atoms with Crippen LogP contribution in [-0.2, 0) is 4.84 Å². The van der Waals surface area contributed by atoms with Crippen LogP contribution in [0.25, 0.3) is 0 Å². The first-order valence-electron chi connectivity index (χ1n) is 6.26. The topological polar surface area (TPSA) is 37.7 Å². The van der Waals surface area contributed by atoms with Gasteiger partial charge >= 0.3 is 0 Å². The van der Waals surface area contributed by atoms with E-state index in [0.29, 0.717) is 11.8 Å². The third-order valence-electron chi connectivity index (χ3n) is 2.65. The van der Waals surface area contributed by atoms with Crippen LogP contribution in [0.5, 0.6) is 0 Å². The van der Waals surface area contributed by atoms with Gasteiger partial charge in [0, 0.05) is 24.5 Å². The first-order valence-corrected chi connectivity index (χ1v) is 6.64. The molecule has 1 heterocycles. The fourth-order valence-electron chi connectivity index (χ4n) is 1.53. The van der Waals surface area contributed by atoms with Crippen LogP contribution < -0.4 is 0 Å². The highest BCUT2D eigenvalue weighted by molar-refractivity contribution is 6.69. The molecule has 0 spiro atoms. The lowest BCUT2D eigenvalue weighted by molar-refractivity contribution is 0.131. The van der Waals surface area contributed by atoms with Gasteiger partial charge in [-0.15, -0.1) is 12.4 Å². The SMILES string of the molecule is CCN(CC)CCCON=C(Cl)c1cccnc1.Cl. The zero-order valence-electron chi connectivity index (χ0n) is 11.4. The lowest BCUT2D eigenvalue weighted by Gasteiger charge is -2.16. The van der Waals surface area contributed by atoms with Crippen LogP contribution in [0.1, 0.15) is 25.8 Å². The maximum Gasteiger partial charge on any atom is 0.177 e. The van der Waals surface area contributed by atoms with Crippen molar-refractivity contribution in [3.05, 3.63) is 30.1 Å². The second-order valence-electron chi connectivity index (χ2n) is 3.84. The van der Waals surface area contributed by atoms with Crippen LogP contribution in [0.15, 0.2) is 29.7 Å². The molecule has 0 aliphatic heterocycles. The molecule has 0 aliphatic rings. The summed E-state index contributed by atoms with van der Waals surface area (Å²) >= 11 is 5.98. The first-order chi connectivity index (χ1) is 8.77. The van der Waals surface area contributed by atoms with Gasteiger partial charge in [0.2, 0.25) is 0 Å². The number of hydrogen-bond donors (Lipinski definition) is 0. The molecule has 4 nitrogen and oxygen atoms in total. The maximum atomic E-state index is 5.98. The molecule has 1 aromatic rings. The Kier molecular flexibility index (Phi) is 10.5. The predicted molar refractivity (Wildman–Crippen MR) is 82.2 cm³/mol. The summed E-state index contributed by atoms with van der Waals surface area (Å²) in [6.07, 6.45) is 4.30. The van der Waals surface area contributed by atoms with Gasteiger partial charge in [0.15, 0.2) is 5.17 Å².